The van der Waals surface area contributed by atoms with Crippen molar-refractivity contribution >= 4 is 38.7 Å². The standard InChI is InChI=1S/C17H16N4O6S/c1-26-21(27-2)16-15(18-13-5-3-4-6-14(13)19-16)20-28(24,25)12-9-7-11(8-10-12)17(22)23/h3-10H,1-2H3,(H,18,20)(H,22,23). The number of anilines is 2. The summed E-state index contributed by atoms with van der Waals surface area (Å²) in [6, 6.07) is 11.6. The SMILES string of the molecule is CON(OC)c1nc2ccccc2nc1NS(=O)(=O)c1ccc(C(=O)O)cc1. The number of carbonyl (C=O) groups is 1. The van der Waals surface area contributed by atoms with Crippen LogP contribution in [0, 0.1) is 0 Å². The Hall–Kier alpha value is -3.28. The number of para-hydroxylation sites is 2. The Kier molecular flexibility index (Phi) is 5.40. The molecular weight excluding hydrogens is 388 g/mol. The quantitative estimate of drug-likeness (QED) is 0.568. The van der Waals surface area contributed by atoms with Crippen LogP contribution < -0.4 is 9.95 Å². The van der Waals surface area contributed by atoms with Gasteiger partial charge in [-0.15, -0.1) is 5.23 Å². The second-order valence-corrected chi connectivity index (χ2v) is 7.12. The van der Waals surface area contributed by atoms with Gasteiger partial charge in [-0.1, -0.05) is 12.1 Å². The molecule has 3 aromatic rings. The average molecular weight is 404 g/mol. The normalized spacial score (nSPS) is 11.4. The van der Waals surface area contributed by atoms with Crippen LogP contribution in [0.1, 0.15) is 10.4 Å². The first-order valence-corrected chi connectivity index (χ1v) is 9.35. The molecule has 0 aliphatic heterocycles. The van der Waals surface area contributed by atoms with Crippen molar-refractivity contribution in [3.05, 3.63) is 54.1 Å². The Labute approximate surface area is 160 Å². The average Bonchev–Trinajstić information content (AvgIpc) is 2.69. The third-order valence-electron chi connectivity index (χ3n) is 3.70. The highest BCUT2D eigenvalue weighted by Gasteiger charge is 2.22. The van der Waals surface area contributed by atoms with Crippen molar-refractivity contribution in [2.24, 2.45) is 0 Å². The van der Waals surface area contributed by atoms with Gasteiger partial charge in [-0.05, 0) is 36.4 Å². The van der Waals surface area contributed by atoms with Crippen LogP contribution >= 0.6 is 0 Å². The van der Waals surface area contributed by atoms with E-state index in [4.69, 9.17) is 14.8 Å². The number of carboxylic acid groups (broad SMARTS) is 1. The van der Waals surface area contributed by atoms with E-state index in [1.807, 2.05) is 0 Å². The van der Waals surface area contributed by atoms with Gasteiger partial charge in [0.1, 0.15) is 0 Å². The number of fused-ring (bicyclic) bond motifs is 1. The molecule has 0 aliphatic carbocycles. The summed E-state index contributed by atoms with van der Waals surface area (Å²) in [4.78, 5) is 29.5. The Morgan fingerprint density at radius 3 is 2.11 bits per heavy atom. The predicted molar refractivity (Wildman–Crippen MR) is 100 cm³/mol. The molecule has 0 bridgehead atoms. The number of carboxylic acids is 1. The molecule has 3 rings (SSSR count). The summed E-state index contributed by atoms with van der Waals surface area (Å²) >= 11 is 0. The van der Waals surface area contributed by atoms with Gasteiger partial charge in [0.2, 0.25) is 5.82 Å². The predicted octanol–water partition coefficient (Wildman–Crippen LogP) is 2.06. The van der Waals surface area contributed by atoms with Crippen molar-refractivity contribution in [3.63, 3.8) is 0 Å². The van der Waals surface area contributed by atoms with Gasteiger partial charge >= 0.3 is 5.97 Å². The fourth-order valence-electron chi connectivity index (χ4n) is 2.40. The minimum Gasteiger partial charge on any atom is -0.478 e. The van der Waals surface area contributed by atoms with Crippen LogP contribution in [0.5, 0.6) is 0 Å². The maximum Gasteiger partial charge on any atom is 0.335 e. The van der Waals surface area contributed by atoms with Gasteiger partial charge in [-0.2, -0.15) is 0 Å². The number of sulfonamides is 1. The van der Waals surface area contributed by atoms with Gasteiger partial charge in [-0.25, -0.2) is 23.2 Å². The molecule has 0 saturated heterocycles. The summed E-state index contributed by atoms with van der Waals surface area (Å²) in [5.74, 6) is -1.28. The summed E-state index contributed by atoms with van der Waals surface area (Å²) in [6.07, 6.45) is 0. The van der Waals surface area contributed by atoms with E-state index in [0.29, 0.717) is 11.0 Å². The lowest BCUT2D eigenvalue weighted by atomic mass is 10.2. The van der Waals surface area contributed by atoms with E-state index in [1.54, 1.807) is 24.3 Å². The zero-order valence-corrected chi connectivity index (χ0v) is 15.7. The molecule has 0 radical (unpaired) electrons. The highest BCUT2D eigenvalue weighted by atomic mass is 32.2. The molecule has 10 nitrogen and oxygen atoms in total. The third kappa shape index (κ3) is 3.86. The van der Waals surface area contributed by atoms with E-state index < -0.39 is 16.0 Å². The molecule has 1 heterocycles. The first kappa shape index (κ1) is 19.5. The van der Waals surface area contributed by atoms with Crippen molar-refractivity contribution in [1.82, 2.24) is 9.97 Å². The molecule has 0 unspecified atom stereocenters. The maximum absolute atomic E-state index is 12.7. The maximum atomic E-state index is 12.7. The van der Waals surface area contributed by atoms with E-state index in [-0.39, 0.29) is 22.1 Å². The van der Waals surface area contributed by atoms with Gasteiger partial charge in [-0.3, -0.25) is 14.4 Å². The fraction of sp³-hybridized carbons (Fsp3) is 0.118. The molecule has 0 atom stereocenters. The van der Waals surface area contributed by atoms with E-state index in [0.717, 1.165) is 5.23 Å². The van der Waals surface area contributed by atoms with Gasteiger partial charge in [0, 0.05) is 0 Å². The molecule has 0 spiro atoms. The van der Waals surface area contributed by atoms with Gasteiger partial charge in [0.05, 0.1) is 35.7 Å². The summed E-state index contributed by atoms with van der Waals surface area (Å²) in [5.41, 5.74) is 0.928. The second kappa shape index (κ2) is 7.76. The second-order valence-electron chi connectivity index (χ2n) is 5.44. The van der Waals surface area contributed by atoms with Crippen LogP contribution in [0.2, 0.25) is 0 Å². The Morgan fingerprint density at radius 2 is 1.57 bits per heavy atom. The first-order chi connectivity index (χ1) is 13.4. The first-order valence-electron chi connectivity index (χ1n) is 7.87. The molecule has 146 valence electrons. The summed E-state index contributed by atoms with van der Waals surface area (Å²) in [6.45, 7) is 0. The lowest BCUT2D eigenvalue weighted by Gasteiger charge is -2.20. The summed E-state index contributed by atoms with van der Waals surface area (Å²) < 4.78 is 27.8. The number of hydrogen-bond donors (Lipinski definition) is 2. The number of aromatic nitrogens is 2. The number of aromatic carboxylic acids is 1. The zero-order chi connectivity index (χ0) is 20.3. The number of rotatable bonds is 7. The van der Waals surface area contributed by atoms with Crippen molar-refractivity contribution in [1.29, 1.82) is 0 Å². The Bertz CT molecular complexity index is 1110. The number of nitrogens with zero attached hydrogens (tertiary/aromatic N) is 3. The van der Waals surface area contributed by atoms with Crippen molar-refractivity contribution in [2.75, 3.05) is 24.2 Å². The molecule has 2 aromatic carbocycles. The van der Waals surface area contributed by atoms with Crippen LogP contribution in [-0.4, -0.2) is 43.7 Å². The Morgan fingerprint density at radius 1 is 1.00 bits per heavy atom. The minimum absolute atomic E-state index is 0.00516. The van der Waals surface area contributed by atoms with E-state index in [9.17, 15) is 13.2 Å². The molecule has 11 heteroatoms. The van der Waals surface area contributed by atoms with Gasteiger partial charge < -0.3 is 5.11 Å². The smallest absolute Gasteiger partial charge is 0.335 e. The third-order valence-corrected chi connectivity index (χ3v) is 5.05. The molecule has 0 amide bonds. The van der Waals surface area contributed by atoms with E-state index in [1.165, 1.54) is 38.5 Å². The number of hydrogen-bond acceptors (Lipinski definition) is 8. The minimum atomic E-state index is -4.08. The van der Waals surface area contributed by atoms with Gasteiger partial charge in [0.25, 0.3) is 10.0 Å². The summed E-state index contributed by atoms with van der Waals surface area (Å²) in [5, 5.41) is 9.86. The topological polar surface area (TPSA) is 131 Å². The molecule has 1 aromatic heterocycles. The highest BCUT2D eigenvalue weighted by Crippen LogP contribution is 2.27. The molecule has 2 N–H and O–H groups in total. The Balaban J connectivity index is 2.06. The number of nitrogens with one attached hydrogen (secondary N) is 1. The fourth-order valence-corrected chi connectivity index (χ4v) is 3.40. The molecular formula is C17H16N4O6S. The largest absolute Gasteiger partial charge is 0.478 e. The molecule has 0 saturated carbocycles. The monoisotopic (exact) mass is 404 g/mol. The van der Waals surface area contributed by atoms with Crippen LogP contribution in [0.25, 0.3) is 11.0 Å². The highest BCUT2D eigenvalue weighted by molar-refractivity contribution is 7.92. The van der Waals surface area contributed by atoms with Gasteiger partial charge in [0.15, 0.2) is 5.82 Å². The van der Waals surface area contributed by atoms with Crippen LogP contribution in [0.3, 0.4) is 0 Å². The van der Waals surface area contributed by atoms with E-state index >= 15 is 0 Å². The van der Waals surface area contributed by atoms with Crippen molar-refractivity contribution in [3.8, 4) is 0 Å². The van der Waals surface area contributed by atoms with E-state index in [2.05, 4.69) is 14.7 Å². The lowest BCUT2D eigenvalue weighted by molar-refractivity contribution is -0.0447. The van der Waals surface area contributed by atoms with Crippen LogP contribution in [-0.2, 0) is 19.7 Å². The van der Waals surface area contributed by atoms with Crippen LogP contribution in [0.4, 0.5) is 11.6 Å². The lowest BCUT2D eigenvalue weighted by Crippen LogP contribution is -2.24. The molecule has 28 heavy (non-hydrogen) atoms. The molecule has 0 aliphatic rings. The summed E-state index contributed by atoms with van der Waals surface area (Å²) in [7, 11) is -1.43. The number of benzene rings is 2. The van der Waals surface area contributed by atoms with Crippen molar-refractivity contribution < 1.29 is 28.0 Å². The zero-order valence-electron chi connectivity index (χ0n) is 14.9. The van der Waals surface area contributed by atoms with Crippen molar-refractivity contribution in [2.45, 2.75) is 4.90 Å². The molecule has 0 fully saturated rings. The van der Waals surface area contributed by atoms with Crippen LogP contribution in [0.15, 0.2) is 53.4 Å².